The van der Waals surface area contributed by atoms with E-state index in [0.29, 0.717) is 5.92 Å². The molecule has 0 amide bonds. The number of aryl methyl sites for hydroxylation is 1. The van der Waals surface area contributed by atoms with Crippen molar-refractivity contribution in [1.82, 2.24) is 9.97 Å². The lowest BCUT2D eigenvalue weighted by Gasteiger charge is -2.28. The maximum atomic E-state index is 6.15. The van der Waals surface area contributed by atoms with Crippen LogP contribution >= 0.6 is 0 Å². The Morgan fingerprint density at radius 3 is 1.94 bits per heavy atom. The minimum atomic E-state index is 0.717. The second-order valence-corrected chi connectivity index (χ2v) is 10.5. The minimum Gasteiger partial charge on any atom is -0.493 e. The number of benzene rings is 1. The van der Waals surface area contributed by atoms with Crippen LogP contribution < -0.4 is 4.74 Å². The smallest absolute Gasteiger partial charge is 0.159 e. The summed E-state index contributed by atoms with van der Waals surface area (Å²) in [6.45, 7) is 5.40. The lowest BCUT2D eigenvalue weighted by Crippen LogP contribution is -2.20. The van der Waals surface area contributed by atoms with E-state index in [1.165, 1.54) is 102 Å². The molecule has 0 N–H and O–H groups in total. The van der Waals surface area contributed by atoms with Crippen molar-refractivity contribution < 1.29 is 4.74 Å². The summed E-state index contributed by atoms with van der Waals surface area (Å²) in [5.74, 6) is 3.44. The summed E-state index contributed by atoms with van der Waals surface area (Å²) in [6, 6.07) is 8.32. The van der Waals surface area contributed by atoms with Crippen molar-refractivity contribution in [3.8, 4) is 17.1 Å². The summed E-state index contributed by atoms with van der Waals surface area (Å²) >= 11 is 0. The van der Waals surface area contributed by atoms with Gasteiger partial charge in [-0.15, -0.1) is 0 Å². The molecule has 1 aliphatic carbocycles. The zero-order valence-corrected chi connectivity index (χ0v) is 21.9. The molecule has 1 saturated carbocycles. The number of hydrogen-bond donors (Lipinski definition) is 0. The maximum absolute atomic E-state index is 6.15. The molecule has 0 saturated heterocycles. The summed E-state index contributed by atoms with van der Waals surface area (Å²) in [5, 5.41) is 0. The van der Waals surface area contributed by atoms with Gasteiger partial charge >= 0.3 is 0 Å². The molecule has 188 valence electrons. The molecule has 0 unspecified atom stereocenters. The maximum Gasteiger partial charge on any atom is 0.159 e. The third kappa shape index (κ3) is 9.76. The molecular formula is C31H48N2O. The van der Waals surface area contributed by atoms with E-state index in [1.54, 1.807) is 0 Å². The van der Waals surface area contributed by atoms with Crippen LogP contribution in [0.5, 0.6) is 5.75 Å². The summed E-state index contributed by atoms with van der Waals surface area (Å²) in [4.78, 5) is 9.21. The van der Waals surface area contributed by atoms with Gasteiger partial charge in [-0.1, -0.05) is 90.9 Å². The van der Waals surface area contributed by atoms with Crippen molar-refractivity contribution in [3.05, 3.63) is 42.2 Å². The van der Waals surface area contributed by atoms with E-state index < -0.39 is 0 Å². The normalized spacial score (nSPS) is 18.2. The molecule has 3 nitrogen and oxygen atoms in total. The van der Waals surface area contributed by atoms with E-state index in [-0.39, 0.29) is 0 Å². The van der Waals surface area contributed by atoms with Gasteiger partial charge in [-0.3, -0.25) is 0 Å². The van der Waals surface area contributed by atoms with E-state index in [2.05, 4.69) is 48.1 Å². The van der Waals surface area contributed by atoms with Crippen LogP contribution in [0.3, 0.4) is 0 Å². The first-order chi connectivity index (χ1) is 16.8. The van der Waals surface area contributed by atoms with Crippen LogP contribution in [0, 0.1) is 11.8 Å². The number of nitrogens with zero attached hydrogens (tertiary/aromatic N) is 2. The molecule has 1 aliphatic rings. The highest BCUT2D eigenvalue weighted by Gasteiger charge is 2.21. The van der Waals surface area contributed by atoms with Gasteiger partial charge in [0.05, 0.1) is 6.61 Å². The summed E-state index contributed by atoms with van der Waals surface area (Å²) in [6.07, 6.45) is 25.5. The van der Waals surface area contributed by atoms with Gasteiger partial charge in [0.15, 0.2) is 5.82 Å². The molecule has 1 fully saturated rings. The standard InChI is InChI=1S/C31H48N2O/c1-3-5-7-9-11-13-26-15-17-27(18-16-26)25-34-30-21-19-29(20-22-30)31-32-23-28(24-33-31)14-12-10-8-6-4-2/h19-24,26-27H,3-18,25H2,1-2H3. The zero-order chi connectivity index (χ0) is 23.8. The Labute approximate surface area is 209 Å². The van der Waals surface area contributed by atoms with E-state index in [0.717, 1.165) is 36.1 Å². The Morgan fingerprint density at radius 1 is 0.706 bits per heavy atom. The largest absolute Gasteiger partial charge is 0.493 e. The van der Waals surface area contributed by atoms with Crippen LogP contribution in [0.4, 0.5) is 0 Å². The average Bonchev–Trinajstić information content (AvgIpc) is 2.89. The minimum absolute atomic E-state index is 0.717. The van der Waals surface area contributed by atoms with Crippen LogP contribution in [0.15, 0.2) is 36.7 Å². The van der Waals surface area contributed by atoms with E-state index >= 15 is 0 Å². The molecule has 1 aromatic carbocycles. The molecule has 3 rings (SSSR count). The average molecular weight is 465 g/mol. The van der Waals surface area contributed by atoms with Crippen molar-refractivity contribution in [1.29, 1.82) is 0 Å². The van der Waals surface area contributed by atoms with Crippen molar-refractivity contribution in [2.24, 2.45) is 11.8 Å². The van der Waals surface area contributed by atoms with Crippen molar-refractivity contribution in [3.63, 3.8) is 0 Å². The fourth-order valence-electron chi connectivity index (χ4n) is 5.20. The Kier molecular flexibility index (Phi) is 12.5. The van der Waals surface area contributed by atoms with Gasteiger partial charge in [-0.25, -0.2) is 9.97 Å². The van der Waals surface area contributed by atoms with Gasteiger partial charge in [0, 0.05) is 18.0 Å². The molecular weight excluding hydrogens is 416 g/mol. The number of aromatic nitrogens is 2. The Bertz CT molecular complexity index is 763. The lowest BCUT2D eigenvalue weighted by atomic mass is 9.80. The first kappa shape index (κ1) is 26.7. The lowest BCUT2D eigenvalue weighted by molar-refractivity contribution is 0.177. The van der Waals surface area contributed by atoms with Crippen LogP contribution in [-0.4, -0.2) is 16.6 Å². The number of hydrogen-bond acceptors (Lipinski definition) is 3. The number of rotatable bonds is 16. The van der Waals surface area contributed by atoms with Crippen molar-refractivity contribution in [2.75, 3.05) is 6.61 Å². The Morgan fingerprint density at radius 2 is 1.29 bits per heavy atom. The fraction of sp³-hybridized carbons (Fsp3) is 0.677. The van der Waals surface area contributed by atoms with Gasteiger partial charge in [-0.2, -0.15) is 0 Å². The van der Waals surface area contributed by atoms with Crippen molar-refractivity contribution >= 4 is 0 Å². The monoisotopic (exact) mass is 464 g/mol. The SMILES string of the molecule is CCCCCCCc1cnc(-c2ccc(OCC3CCC(CCCCCCC)CC3)cc2)nc1. The van der Waals surface area contributed by atoms with Gasteiger partial charge in [-0.05, 0) is 67.3 Å². The molecule has 0 spiro atoms. The van der Waals surface area contributed by atoms with Gasteiger partial charge < -0.3 is 4.74 Å². The molecule has 0 aliphatic heterocycles. The van der Waals surface area contributed by atoms with Crippen LogP contribution in [0.1, 0.15) is 116 Å². The van der Waals surface area contributed by atoms with E-state index in [9.17, 15) is 0 Å². The fourth-order valence-corrected chi connectivity index (χ4v) is 5.20. The van der Waals surface area contributed by atoms with Crippen LogP contribution in [-0.2, 0) is 6.42 Å². The second-order valence-electron chi connectivity index (χ2n) is 10.5. The van der Waals surface area contributed by atoms with Crippen molar-refractivity contribution in [2.45, 2.75) is 117 Å². The predicted octanol–water partition coefficient (Wildman–Crippen LogP) is 9.20. The first-order valence-electron chi connectivity index (χ1n) is 14.3. The summed E-state index contributed by atoms with van der Waals surface area (Å²) in [7, 11) is 0. The molecule has 2 aromatic rings. The quantitative estimate of drug-likeness (QED) is 0.232. The van der Waals surface area contributed by atoms with Gasteiger partial charge in [0.1, 0.15) is 5.75 Å². The molecule has 1 heterocycles. The third-order valence-electron chi connectivity index (χ3n) is 7.55. The van der Waals surface area contributed by atoms with Crippen LogP contribution in [0.2, 0.25) is 0 Å². The highest BCUT2D eigenvalue weighted by atomic mass is 16.5. The van der Waals surface area contributed by atoms with E-state index in [4.69, 9.17) is 4.74 Å². The van der Waals surface area contributed by atoms with Crippen LogP contribution in [0.25, 0.3) is 11.4 Å². The molecule has 34 heavy (non-hydrogen) atoms. The first-order valence-corrected chi connectivity index (χ1v) is 14.3. The topological polar surface area (TPSA) is 35.0 Å². The second kappa shape index (κ2) is 15.9. The molecule has 0 radical (unpaired) electrons. The Balaban J connectivity index is 1.33. The third-order valence-corrected chi connectivity index (χ3v) is 7.55. The molecule has 3 heteroatoms. The summed E-state index contributed by atoms with van der Waals surface area (Å²) in [5.41, 5.74) is 2.30. The predicted molar refractivity (Wildman–Crippen MR) is 144 cm³/mol. The molecule has 0 bridgehead atoms. The zero-order valence-electron chi connectivity index (χ0n) is 21.9. The highest BCUT2D eigenvalue weighted by Crippen LogP contribution is 2.32. The van der Waals surface area contributed by atoms with Gasteiger partial charge in [0.2, 0.25) is 0 Å². The molecule has 1 aromatic heterocycles. The number of unbranched alkanes of at least 4 members (excludes halogenated alkanes) is 8. The molecule has 0 atom stereocenters. The highest BCUT2D eigenvalue weighted by molar-refractivity contribution is 5.55. The number of ether oxygens (including phenoxy) is 1. The summed E-state index contributed by atoms with van der Waals surface area (Å²) < 4.78 is 6.15. The van der Waals surface area contributed by atoms with Gasteiger partial charge in [0.25, 0.3) is 0 Å². The van der Waals surface area contributed by atoms with E-state index in [1.807, 2.05) is 12.4 Å². The Hall–Kier alpha value is -1.90.